The molecule has 8 heteroatoms. The van der Waals surface area contributed by atoms with E-state index >= 15 is 0 Å². The number of ether oxygens (including phenoxy) is 1. The predicted molar refractivity (Wildman–Crippen MR) is 78.6 cm³/mol. The first-order chi connectivity index (χ1) is 10.2. The summed E-state index contributed by atoms with van der Waals surface area (Å²) < 4.78 is 4.93. The van der Waals surface area contributed by atoms with Gasteiger partial charge in [-0.15, -0.1) is 0 Å². The Balaban J connectivity index is 1.99. The Labute approximate surface area is 123 Å². The molecule has 0 aliphatic carbocycles. The van der Waals surface area contributed by atoms with Gasteiger partial charge in [-0.1, -0.05) is 6.92 Å². The summed E-state index contributed by atoms with van der Waals surface area (Å²) in [5, 5.41) is 14.2. The van der Waals surface area contributed by atoms with Crippen LogP contribution in [0.4, 0.5) is 11.5 Å². The number of piperidine rings is 1. The number of nitrogens with zero attached hydrogens (tertiary/aromatic N) is 4. The van der Waals surface area contributed by atoms with Crippen LogP contribution >= 0.6 is 0 Å². The highest BCUT2D eigenvalue weighted by molar-refractivity contribution is 5.61. The van der Waals surface area contributed by atoms with E-state index in [1.165, 1.54) is 13.4 Å². The maximum Gasteiger partial charge on any atom is 0.372 e. The Morgan fingerprint density at radius 3 is 2.76 bits per heavy atom. The zero-order chi connectivity index (χ0) is 15.2. The molecule has 116 valence electrons. The molecule has 0 aromatic carbocycles. The Morgan fingerprint density at radius 1 is 1.48 bits per heavy atom. The van der Waals surface area contributed by atoms with Gasteiger partial charge in [0.15, 0.2) is 0 Å². The van der Waals surface area contributed by atoms with Gasteiger partial charge in [0.2, 0.25) is 5.82 Å². The van der Waals surface area contributed by atoms with Crippen molar-refractivity contribution in [3.8, 4) is 5.88 Å². The third-order valence-corrected chi connectivity index (χ3v) is 3.88. The van der Waals surface area contributed by atoms with E-state index < -0.39 is 4.92 Å². The summed E-state index contributed by atoms with van der Waals surface area (Å²) in [5.74, 6) is 0.719. The lowest BCUT2D eigenvalue weighted by molar-refractivity contribution is -0.385. The summed E-state index contributed by atoms with van der Waals surface area (Å²) in [6, 6.07) is 0. The Bertz CT molecular complexity index is 489. The number of nitro groups is 1. The summed E-state index contributed by atoms with van der Waals surface area (Å²) in [5.41, 5.74) is -0.203. The first kappa shape index (κ1) is 15.4. The largest absolute Gasteiger partial charge is 0.476 e. The average molecular weight is 295 g/mol. The van der Waals surface area contributed by atoms with E-state index in [-0.39, 0.29) is 17.4 Å². The molecule has 1 aliphatic heterocycles. The van der Waals surface area contributed by atoms with Crippen molar-refractivity contribution in [3.05, 3.63) is 16.4 Å². The maximum absolute atomic E-state index is 11.1. The highest BCUT2D eigenvalue weighted by atomic mass is 16.6. The molecule has 2 rings (SSSR count). The minimum atomic E-state index is -0.513. The van der Waals surface area contributed by atoms with Gasteiger partial charge in [0, 0.05) is 6.54 Å². The minimum Gasteiger partial charge on any atom is -0.476 e. The molecule has 1 aliphatic rings. The van der Waals surface area contributed by atoms with Gasteiger partial charge in [0.25, 0.3) is 5.88 Å². The molecule has 0 atom stereocenters. The van der Waals surface area contributed by atoms with Crippen LogP contribution in [0.5, 0.6) is 5.88 Å². The molecule has 2 heterocycles. The lowest BCUT2D eigenvalue weighted by Crippen LogP contribution is -2.35. The van der Waals surface area contributed by atoms with Crippen LogP contribution in [0.25, 0.3) is 0 Å². The van der Waals surface area contributed by atoms with E-state index in [0.29, 0.717) is 12.5 Å². The number of hydrogen-bond acceptors (Lipinski definition) is 7. The summed E-state index contributed by atoms with van der Waals surface area (Å²) >= 11 is 0. The zero-order valence-corrected chi connectivity index (χ0v) is 12.4. The molecule has 0 unspecified atom stereocenters. The van der Waals surface area contributed by atoms with Crippen molar-refractivity contribution in [2.45, 2.75) is 19.8 Å². The van der Waals surface area contributed by atoms with Crippen molar-refractivity contribution in [2.75, 3.05) is 38.6 Å². The van der Waals surface area contributed by atoms with Gasteiger partial charge in [-0.3, -0.25) is 10.1 Å². The van der Waals surface area contributed by atoms with E-state index in [9.17, 15) is 10.1 Å². The molecule has 0 bridgehead atoms. The fraction of sp³-hybridized carbons (Fsp3) is 0.692. The number of anilines is 1. The number of nitrogens with one attached hydrogen (secondary N) is 1. The van der Waals surface area contributed by atoms with Crippen molar-refractivity contribution in [1.82, 2.24) is 14.9 Å². The average Bonchev–Trinajstić information content (AvgIpc) is 2.52. The number of likely N-dealkylation sites (tertiary alicyclic amines) is 1. The number of methoxy groups -OCH3 is 1. The molecule has 0 spiro atoms. The Kier molecular flexibility index (Phi) is 5.26. The van der Waals surface area contributed by atoms with Crippen LogP contribution in [0.2, 0.25) is 0 Å². The number of rotatable bonds is 6. The van der Waals surface area contributed by atoms with E-state index in [0.717, 1.165) is 32.5 Å². The van der Waals surface area contributed by atoms with Crippen LogP contribution in [0.3, 0.4) is 0 Å². The normalized spacial score (nSPS) is 16.7. The smallest absolute Gasteiger partial charge is 0.372 e. The van der Waals surface area contributed by atoms with Gasteiger partial charge in [0.05, 0.1) is 12.0 Å². The Morgan fingerprint density at radius 2 is 2.19 bits per heavy atom. The molecule has 1 saturated heterocycles. The third kappa shape index (κ3) is 3.78. The predicted octanol–water partition coefficient (Wildman–Crippen LogP) is 1.54. The van der Waals surface area contributed by atoms with E-state index in [1.807, 2.05) is 0 Å². The summed E-state index contributed by atoms with van der Waals surface area (Å²) in [6.07, 6.45) is 3.46. The SMILES string of the molecule is CCN1CCC(CNc2ncnc(OC)c2[N+](=O)[O-])CC1. The third-order valence-electron chi connectivity index (χ3n) is 3.88. The van der Waals surface area contributed by atoms with Crippen LogP contribution in [0.15, 0.2) is 6.33 Å². The standard InChI is InChI=1S/C13H21N5O3/c1-3-17-6-4-10(5-7-17)8-14-12-11(18(19)20)13(21-2)16-9-15-12/h9-10H,3-8H2,1-2H3,(H,14,15,16). The van der Waals surface area contributed by atoms with Gasteiger partial charge in [-0.25, -0.2) is 4.98 Å². The molecule has 0 saturated carbocycles. The molecular weight excluding hydrogens is 274 g/mol. The van der Waals surface area contributed by atoms with Gasteiger partial charge < -0.3 is 15.0 Å². The van der Waals surface area contributed by atoms with Gasteiger partial charge in [0.1, 0.15) is 6.33 Å². The molecule has 1 aromatic heterocycles. The van der Waals surface area contributed by atoms with Gasteiger partial charge >= 0.3 is 5.69 Å². The van der Waals surface area contributed by atoms with Crippen LogP contribution in [-0.4, -0.2) is 53.1 Å². The van der Waals surface area contributed by atoms with Crippen molar-refractivity contribution in [1.29, 1.82) is 0 Å². The molecule has 1 N–H and O–H groups in total. The van der Waals surface area contributed by atoms with Crippen LogP contribution in [0, 0.1) is 16.0 Å². The van der Waals surface area contributed by atoms with Gasteiger partial charge in [-0.2, -0.15) is 4.98 Å². The maximum atomic E-state index is 11.1. The van der Waals surface area contributed by atoms with Crippen molar-refractivity contribution in [2.24, 2.45) is 5.92 Å². The first-order valence-electron chi connectivity index (χ1n) is 7.15. The summed E-state index contributed by atoms with van der Waals surface area (Å²) in [4.78, 5) is 20.8. The number of aromatic nitrogens is 2. The fourth-order valence-electron chi connectivity index (χ4n) is 2.55. The lowest BCUT2D eigenvalue weighted by atomic mass is 9.97. The highest BCUT2D eigenvalue weighted by Crippen LogP contribution is 2.30. The molecular formula is C13H21N5O3. The lowest BCUT2D eigenvalue weighted by Gasteiger charge is -2.31. The molecule has 8 nitrogen and oxygen atoms in total. The second-order valence-electron chi connectivity index (χ2n) is 5.10. The molecule has 21 heavy (non-hydrogen) atoms. The molecule has 0 radical (unpaired) electrons. The second-order valence-corrected chi connectivity index (χ2v) is 5.10. The van der Waals surface area contributed by atoms with E-state index in [2.05, 4.69) is 27.1 Å². The second kappa shape index (κ2) is 7.16. The molecule has 1 fully saturated rings. The topological polar surface area (TPSA) is 93.4 Å². The molecule has 1 aromatic rings. The minimum absolute atomic E-state index is 0.0155. The summed E-state index contributed by atoms with van der Waals surface area (Å²) in [7, 11) is 1.36. The van der Waals surface area contributed by atoms with E-state index in [4.69, 9.17) is 4.74 Å². The quantitative estimate of drug-likeness (QED) is 0.628. The number of hydrogen-bond donors (Lipinski definition) is 1. The van der Waals surface area contributed by atoms with Crippen molar-refractivity contribution < 1.29 is 9.66 Å². The highest BCUT2D eigenvalue weighted by Gasteiger charge is 2.25. The van der Waals surface area contributed by atoms with Crippen molar-refractivity contribution in [3.63, 3.8) is 0 Å². The van der Waals surface area contributed by atoms with Gasteiger partial charge in [-0.05, 0) is 38.4 Å². The monoisotopic (exact) mass is 295 g/mol. The van der Waals surface area contributed by atoms with Crippen LogP contribution < -0.4 is 10.1 Å². The van der Waals surface area contributed by atoms with E-state index in [1.54, 1.807) is 0 Å². The fourth-order valence-corrected chi connectivity index (χ4v) is 2.55. The van der Waals surface area contributed by atoms with Crippen molar-refractivity contribution >= 4 is 11.5 Å². The first-order valence-corrected chi connectivity index (χ1v) is 7.15. The Hall–Kier alpha value is -1.96. The summed E-state index contributed by atoms with van der Waals surface area (Å²) in [6.45, 7) is 6.08. The van der Waals surface area contributed by atoms with Crippen LogP contribution in [0.1, 0.15) is 19.8 Å². The van der Waals surface area contributed by atoms with Crippen LogP contribution in [-0.2, 0) is 0 Å². The zero-order valence-electron chi connectivity index (χ0n) is 12.4. The molecule has 0 amide bonds.